The first-order valence-corrected chi connectivity index (χ1v) is 18.0. The van der Waals surface area contributed by atoms with Crippen LogP contribution in [0.2, 0.25) is 0 Å². The molecular weight excluding hydrogens is 792 g/mol. The number of nitrogens with one attached hydrogen (secondary N) is 2. The molecular formula is C40H41ClF3LiN6O8. The summed E-state index contributed by atoms with van der Waals surface area (Å²) in [5.41, 5.74) is 1.29. The molecule has 2 atom stereocenters. The smallest absolute Gasteiger partial charge is 1.00 e. The standard InChI is InChI=1S/C20H20FN3O4.C19H18FN3O4.CH3F.ClH.Li/c1-22-19(26)15-14-8-7-13-10-23(9-11-3-5-12(21)6-4-11)20(27)16(24(13)14)18(28-2)17(15)25;1-21-18(26)14-13-7-6-12-9-22(8-10-2-4-11(20)5-3-10)19(27)15(23(12)13)17(25)16(14)24;1-2;;/h3-6,13H,7-10H2,1-2H3,(H,22,26);2-5,12,25H,6-9H2,1H3,(H,21,26);1H3;1H;/q;;;;+1/p-1/i;;1D;;. The van der Waals surface area contributed by atoms with Gasteiger partial charge in [0.2, 0.25) is 10.9 Å². The van der Waals surface area contributed by atoms with E-state index >= 15 is 0 Å². The van der Waals surface area contributed by atoms with Gasteiger partial charge in [-0.05, 0) is 61.1 Å². The molecule has 0 saturated carbocycles. The van der Waals surface area contributed by atoms with Crippen molar-refractivity contribution in [2.24, 2.45) is 0 Å². The van der Waals surface area contributed by atoms with Crippen molar-refractivity contribution in [3.63, 3.8) is 0 Å². The van der Waals surface area contributed by atoms with Crippen LogP contribution in [0.4, 0.5) is 13.2 Å². The van der Waals surface area contributed by atoms with Crippen molar-refractivity contribution >= 4 is 23.6 Å². The van der Waals surface area contributed by atoms with Gasteiger partial charge in [-0.1, -0.05) is 24.3 Å². The van der Waals surface area contributed by atoms with Crippen molar-refractivity contribution in [2.75, 3.05) is 41.4 Å². The SMILES string of the molecule is CNC(=O)c1c2n3c(c(O)c1=O)C(=O)N(Cc1ccc(F)cc1)CC3CC2.CNC(=O)c1c2n3c(c(OC)c1=O)C(=O)N(Cc1ccc(F)cc1)CC3CC2.[2H]CF.[Cl-].[Li+]. The number of carbonyl (C=O) groups excluding carboxylic acids is 4. The predicted molar refractivity (Wildman–Crippen MR) is 200 cm³/mol. The normalized spacial score (nSPS) is 16.7. The summed E-state index contributed by atoms with van der Waals surface area (Å²) in [6.45, 7) is 1.40. The van der Waals surface area contributed by atoms with E-state index in [-0.39, 0.29) is 95.7 Å². The number of ether oxygens (including phenoxy) is 1. The Balaban J connectivity index is 0.000000241. The molecule has 4 aromatic rings. The van der Waals surface area contributed by atoms with Crippen LogP contribution < -0.4 is 57.5 Å². The van der Waals surface area contributed by atoms with Crippen molar-refractivity contribution < 1.29 is 74.8 Å². The summed E-state index contributed by atoms with van der Waals surface area (Å²) < 4.78 is 50.5. The summed E-state index contributed by atoms with van der Waals surface area (Å²) in [6, 6.07) is 11.7. The minimum atomic E-state index is -1.00. The predicted octanol–water partition coefficient (Wildman–Crippen LogP) is -2.71. The molecule has 4 aliphatic rings. The first kappa shape index (κ1) is 44.6. The summed E-state index contributed by atoms with van der Waals surface area (Å²) in [5.74, 6) is -3.35. The number of methoxy groups -OCH3 is 1. The van der Waals surface area contributed by atoms with Crippen molar-refractivity contribution in [1.82, 2.24) is 29.6 Å². The molecule has 4 amide bonds. The van der Waals surface area contributed by atoms with Gasteiger partial charge >= 0.3 is 18.9 Å². The van der Waals surface area contributed by atoms with Gasteiger partial charge in [-0.3, -0.25) is 33.2 Å². The van der Waals surface area contributed by atoms with Crippen LogP contribution in [0.25, 0.3) is 0 Å². The minimum absolute atomic E-state index is 0. The Morgan fingerprint density at radius 1 is 0.763 bits per heavy atom. The number of hydrogen-bond donors (Lipinski definition) is 3. The molecule has 4 aliphatic heterocycles. The third-order valence-corrected chi connectivity index (χ3v) is 10.6. The van der Waals surface area contributed by atoms with Gasteiger partial charge in [0.1, 0.15) is 22.8 Å². The molecule has 0 bridgehead atoms. The summed E-state index contributed by atoms with van der Waals surface area (Å²) in [5, 5.41) is 15.3. The maximum absolute atomic E-state index is 13.2. The van der Waals surface area contributed by atoms with Crippen LogP contribution in [0.15, 0.2) is 58.1 Å². The van der Waals surface area contributed by atoms with E-state index in [1.165, 1.54) is 45.5 Å². The van der Waals surface area contributed by atoms with Gasteiger partial charge in [-0.2, -0.15) is 0 Å². The third kappa shape index (κ3) is 8.37. The summed E-state index contributed by atoms with van der Waals surface area (Å²) in [6.07, 6.45) is 2.40. The number of hydrogen-bond acceptors (Lipinski definition) is 8. The van der Waals surface area contributed by atoms with Crippen molar-refractivity contribution in [2.45, 2.75) is 50.9 Å². The molecule has 0 radical (unpaired) electrons. The van der Waals surface area contributed by atoms with Crippen LogP contribution in [0.3, 0.4) is 0 Å². The molecule has 2 unspecified atom stereocenters. The van der Waals surface area contributed by atoms with Gasteiger partial charge in [0.15, 0.2) is 22.9 Å². The van der Waals surface area contributed by atoms with Crippen LogP contribution >= 0.6 is 0 Å². The molecule has 0 fully saturated rings. The van der Waals surface area contributed by atoms with E-state index in [2.05, 4.69) is 10.6 Å². The van der Waals surface area contributed by atoms with E-state index in [0.29, 0.717) is 50.3 Å². The van der Waals surface area contributed by atoms with Crippen LogP contribution in [0.1, 0.15) is 90.5 Å². The number of carbonyl (C=O) groups is 4. The number of benzene rings is 2. The number of rotatable bonds is 7. The van der Waals surface area contributed by atoms with E-state index < -0.39 is 41.5 Å². The quantitative estimate of drug-likeness (QED) is 0.169. The van der Waals surface area contributed by atoms with Crippen LogP contribution in [0, 0.1) is 11.6 Å². The van der Waals surface area contributed by atoms with Crippen molar-refractivity contribution in [3.05, 3.63) is 126 Å². The first-order chi connectivity index (χ1) is 27.8. The topological polar surface area (TPSA) is 172 Å². The van der Waals surface area contributed by atoms with Gasteiger partial charge in [0.05, 0.1) is 27.7 Å². The van der Waals surface area contributed by atoms with Crippen LogP contribution in [-0.4, -0.2) is 89.1 Å². The molecule has 59 heavy (non-hydrogen) atoms. The van der Waals surface area contributed by atoms with Gasteiger partial charge in [-0.15, -0.1) is 0 Å². The van der Waals surface area contributed by atoms with E-state index in [1.807, 2.05) is 0 Å². The van der Waals surface area contributed by atoms with E-state index in [4.69, 9.17) is 6.11 Å². The molecule has 0 saturated heterocycles. The number of pyridine rings is 2. The number of aromatic hydroxyl groups is 1. The van der Waals surface area contributed by atoms with Crippen molar-refractivity contribution in [3.8, 4) is 11.5 Å². The fourth-order valence-electron chi connectivity index (χ4n) is 8.13. The van der Waals surface area contributed by atoms with Crippen LogP contribution in [0.5, 0.6) is 11.5 Å². The maximum Gasteiger partial charge on any atom is 1.00 e. The Bertz CT molecular complexity index is 2420. The zero-order valence-electron chi connectivity index (χ0n) is 33.7. The number of nitrogens with zero attached hydrogens (tertiary/aromatic N) is 4. The molecule has 2 aromatic carbocycles. The Labute approximate surface area is 356 Å². The molecule has 6 heterocycles. The molecule has 308 valence electrons. The Hall–Kier alpha value is -5.50. The van der Waals surface area contributed by atoms with Gasteiger partial charge in [0.25, 0.3) is 23.6 Å². The first-order valence-electron chi connectivity index (χ1n) is 18.7. The van der Waals surface area contributed by atoms with Crippen LogP contribution in [-0.2, 0) is 25.9 Å². The molecule has 0 aliphatic carbocycles. The average molecular weight is 834 g/mol. The third-order valence-electron chi connectivity index (χ3n) is 10.6. The zero-order valence-corrected chi connectivity index (χ0v) is 33.5. The number of alkyl halides is 1. The summed E-state index contributed by atoms with van der Waals surface area (Å²) in [4.78, 5) is 79.2. The maximum atomic E-state index is 13.2. The van der Waals surface area contributed by atoms with Gasteiger partial charge in [0, 0.05) is 51.7 Å². The molecule has 19 heteroatoms. The van der Waals surface area contributed by atoms with Gasteiger partial charge in [-0.25, -0.2) is 8.78 Å². The zero-order chi connectivity index (χ0) is 42.0. The number of halogens is 4. The Morgan fingerprint density at radius 3 is 1.56 bits per heavy atom. The Kier molecular flexibility index (Phi) is 14.4. The van der Waals surface area contributed by atoms with Gasteiger partial charge < -0.3 is 51.8 Å². The number of aromatic nitrogens is 2. The largest absolute Gasteiger partial charge is 1.00 e. The second-order valence-corrected chi connectivity index (χ2v) is 13.8. The Morgan fingerprint density at radius 2 is 1.15 bits per heavy atom. The van der Waals surface area contributed by atoms with Crippen molar-refractivity contribution in [1.29, 1.82) is 0 Å². The number of amides is 4. The van der Waals surface area contributed by atoms with E-state index in [0.717, 1.165) is 17.5 Å². The molecule has 8 rings (SSSR count). The average Bonchev–Trinajstić information content (AvgIpc) is 3.82. The molecule has 14 nitrogen and oxygen atoms in total. The molecule has 2 aromatic heterocycles. The van der Waals surface area contributed by atoms with E-state index in [9.17, 15) is 47.0 Å². The molecule has 0 spiro atoms. The minimum Gasteiger partial charge on any atom is -1.00 e. The summed E-state index contributed by atoms with van der Waals surface area (Å²) in [7, 11) is 3.20. The fourth-order valence-corrected chi connectivity index (χ4v) is 8.13. The fraction of sp³-hybridized carbons (Fsp3) is 0.350. The second-order valence-electron chi connectivity index (χ2n) is 13.8. The van der Waals surface area contributed by atoms with E-state index in [1.54, 1.807) is 43.2 Å². The summed E-state index contributed by atoms with van der Waals surface area (Å²) >= 11 is 0. The monoisotopic (exact) mass is 833 g/mol. The second kappa shape index (κ2) is 19.0. The molecule has 3 N–H and O–H groups in total.